The molecule has 0 aliphatic carbocycles. The van der Waals surface area contributed by atoms with E-state index in [2.05, 4.69) is 10.6 Å². The maximum atomic E-state index is 12.9. The van der Waals surface area contributed by atoms with Crippen molar-refractivity contribution in [3.63, 3.8) is 0 Å². The minimum atomic E-state index is -0.677. The molecule has 0 saturated heterocycles. The fourth-order valence-corrected chi connectivity index (χ4v) is 3.00. The lowest BCUT2D eigenvalue weighted by molar-refractivity contribution is 0.246. The summed E-state index contributed by atoms with van der Waals surface area (Å²) < 4.78 is 0. The first kappa shape index (κ1) is 20.0. The second-order valence-electron chi connectivity index (χ2n) is 5.70. The maximum Gasteiger partial charge on any atom is 0.334 e. The van der Waals surface area contributed by atoms with Crippen molar-refractivity contribution in [1.82, 2.24) is 0 Å². The summed E-state index contributed by atoms with van der Waals surface area (Å²) in [6, 6.07) is 18.2. The Bertz CT molecular complexity index is 967. The van der Waals surface area contributed by atoms with E-state index in [0.717, 1.165) is 4.90 Å². The molecule has 0 spiro atoms. The highest BCUT2D eigenvalue weighted by atomic mass is 35.5. The predicted octanol–water partition coefficient (Wildman–Crippen LogP) is 6.92. The summed E-state index contributed by atoms with van der Waals surface area (Å²) in [7, 11) is 0. The number of amides is 4. The topological polar surface area (TPSA) is 61.4 Å². The molecule has 28 heavy (non-hydrogen) atoms. The third-order valence-corrected chi connectivity index (χ3v) is 4.33. The molecule has 0 atom stereocenters. The minimum absolute atomic E-state index is 0.298. The van der Waals surface area contributed by atoms with Crippen LogP contribution >= 0.6 is 34.8 Å². The van der Waals surface area contributed by atoms with Gasteiger partial charge in [0.1, 0.15) is 0 Å². The van der Waals surface area contributed by atoms with Gasteiger partial charge in [-0.3, -0.25) is 0 Å². The van der Waals surface area contributed by atoms with Crippen LogP contribution in [0.1, 0.15) is 0 Å². The second-order valence-corrected chi connectivity index (χ2v) is 7.01. The van der Waals surface area contributed by atoms with Gasteiger partial charge in [0.15, 0.2) is 0 Å². The number of imide groups is 1. The zero-order valence-corrected chi connectivity index (χ0v) is 16.6. The average Bonchev–Trinajstić information content (AvgIpc) is 2.62. The highest BCUT2D eigenvalue weighted by molar-refractivity contribution is 6.32. The molecule has 0 bridgehead atoms. The Morgan fingerprint density at radius 1 is 0.643 bits per heavy atom. The van der Waals surface area contributed by atoms with Crippen LogP contribution in [0, 0.1) is 0 Å². The molecule has 0 unspecified atom stereocenters. The van der Waals surface area contributed by atoms with Crippen molar-refractivity contribution in [2.75, 3.05) is 15.5 Å². The van der Waals surface area contributed by atoms with E-state index in [1.54, 1.807) is 66.7 Å². The van der Waals surface area contributed by atoms with Crippen LogP contribution in [0.15, 0.2) is 72.8 Å². The number of urea groups is 2. The van der Waals surface area contributed by atoms with E-state index in [1.807, 2.05) is 0 Å². The fourth-order valence-electron chi connectivity index (χ4n) is 2.43. The van der Waals surface area contributed by atoms with E-state index < -0.39 is 12.1 Å². The standard InChI is InChI=1S/C20H14Cl3N3O2/c21-13-4-1-7-16(10-13)24-19(27)26(18-9-3-6-15(23)12-18)20(28)25-17-8-2-5-14(22)11-17/h1-12H,(H,24,27)(H,25,28). The molecule has 0 fully saturated rings. The zero-order valence-electron chi connectivity index (χ0n) is 14.3. The molecule has 4 amide bonds. The minimum Gasteiger partial charge on any atom is -0.307 e. The number of hydrogen-bond acceptors (Lipinski definition) is 2. The molecular weight excluding hydrogens is 421 g/mol. The first-order chi connectivity index (χ1) is 13.4. The molecule has 5 nitrogen and oxygen atoms in total. The third-order valence-electron chi connectivity index (χ3n) is 3.62. The lowest BCUT2D eigenvalue weighted by atomic mass is 10.3. The summed E-state index contributed by atoms with van der Waals surface area (Å²) in [5.74, 6) is 0. The highest BCUT2D eigenvalue weighted by Crippen LogP contribution is 2.23. The van der Waals surface area contributed by atoms with Gasteiger partial charge in [0.2, 0.25) is 0 Å². The van der Waals surface area contributed by atoms with Crippen molar-refractivity contribution in [2.45, 2.75) is 0 Å². The zero-order chi connectivity index (χ0) is 20.1. The van der Waals surface area contributed by atoms with Crippen molar-refractivity contribution < 1.29 is 9.59 Å². The van der Waals surface area contributed by atoms with Gasteiger partial charge in [-0.1, -0.05) is 53.0 Å². The summed E-state index contributed by atoms with van der Waals surface area (Å²) >= 11 is 17.9. The molecule has 8 heteroatoms. The van der Waals surface area contributed by atoms with Gasteiger partial charge >= 0.3 is 12.1 Å². The van der Waals surface area contributed by atoms with Crippen LogP contribution in [-0.4, -0.2) is 12.1 Å². The number of halogens is 3. The van der Waals surface area contributed by atoms with Gasteiger partial charge < -0.3 is 10.6 Å². The van der Waals surface area contributed by atoms with Crippen molar-refractivity contribution >= 4 is 63.9 Å². The number of benzene rings is 3. The Labute approximate surface area is 176 Å². The molecule has 0 heterocycles. The van der Waals surface area contributed by atoms with Gasteiger partial charge in [-0.05, 0) is 54.6 Å². The molecule has 0 saturated carbocycles. The van der Waals surface area contributed by atoms with Crippen LogP contribution in [0.3, 0.4) is 0 Å². The van der Waals surface area contributed by atoms with E-state index in [0.29, 0.717) is 32.1 Å². The van der Waals surface area contributed by atoms with Crippen molar-refractivity contribution in [2.24, 2.45) is 0 Å². The van der Waals surface area contributed by atoms with Crippen LogP contribution in [0.2, 0.25) is 15.1 Å². The lowest BCUT2D eigenvalue weighted by Gasteiger charge is -2.22. The number of rotatable bonds is 3. The normalized spacial score (nSPS) is 10.2. The van der Waals surface area contributed by atoms with Crippen molar-refractivity contribution in [1.29, 1.82) is 0 Å². The van der Waals surface area contributed by atoms with Crippen LogP contribution in [-0.2, 0) is 0 Å². The summed E-state index contributed by atoms with van der Waals surface area (Å²) in [6.45, 7) is 0. The lowest BCUT2D eigenvalue weighted by Crippen LogP contribution is -2.42. The molecule has 3 aromatic carbocycles. The number of nitrogens with one attached hydrogen (secondary N) is 2. The van der Waals surface area contributed by atoms with Crippen LogP contribution < -0.4 is 15.5 Å². The Balaban J connectivity index is 1.90. The quantitative estimate of drug-likeness (QED) is 0.470. The number of hydrogen-bond donors (Lipinski definition) is 2. The molecule has 0 aliphatic rings. The van der Waals surface area contributed by atoms with Gasteiger partial charge in [-0.2, -0.15) is 0 Å². The molecule has 2 N–H and O–H groups in total. The van der Waals surface area contributed by atoms with Crippen molar-refractivity contribution in [3.05, 3.63) is 87.9 Å². The Hall–Kier alpha value is -2.73. The van der Waals surface area contributed by atoms with Gasteiger partial charge in [0, 0.05) is 26.4 Å². The SMILES string of the molecule is O=C(Nc1cccc(Cl)c1)N(C(=O)Nc1cccc(Cl)c1)c1cccc(Cl)c1. The predicted molar refractivity (Wildman–Crippen MR) is 115 cm³/mol. The van der Waals surface area contributed by atoms with Crippen LogP contribution in [0.5, 0.6) is 0 Å². The molecule has 0 radical (unpaired) electrons. The second kappa shape index (κ2) is 8.97. The first-order valence-electron chi connectivity index (χ1n) is 8.11. The molecule has 0 aliphatic heterocycles. The average molecular weight is 435 g/mol. The van der Waals surface area contributed by atoms with Gasteiger partial charge in [-0.25, -0.2) is 14.5 Å². The fraction of sp³-hybridized carbons (Fsp3) is 0. The summed E-state index contributed by atoms with van der Waals surface area (Å²) in [5, 5.41) is 6.59. The van der Waals surface area contributed by atoms with E-state index in [1.165, 1.54) is 6.07 Å². The summed E-state index contributed by atoms with van der Waals surface area (Å²) in [4.78, 5) is 26.7. The number of carbonyl (C=O) groups is 2. The number of anilines is 3. The van der Waals surface area contributed by atoms with Gasteiger partial charge in [0.05, 0.1) is 5.69 Å². The molecule has 0 aromatic heterocycles. The Morgan fingerprint density at radius 3 is 1.50 bits per heavy atom. The van der Waals surface area contributed by atoms with Gasteiger partial charge in [0.25, 0.3) is 0 Å². The van der Waals surface area contributed by atoms with E-state index >= 15 is 0 Å². The highest BCUT2D eigenvalue weighted by Gasteiger charge is 2.24. The first-order valence-corrected chi connectivity index (χ1v) is 9.24. The molecular formula is C20H14Cl3N3O2. The molecule has 3 aromatic rings. The molecule has 142 valence electrons. The smallest absolute Gasteiger partial charge is 0.307 e. The number of nitrogens with zero attached hydrogens (tertiary/aromatic N) is 1. The summed E-state index contributed by atoms with van der Waals surface area (Å²) in [6.07, 6.45) is 0. The maximum absolute atomic E-state index is 12.9. The monoisotopic (exact) mass is 433 g/mol. The van der Waals surface area contributed by atoms with E-state index in [9.17, 15) is 9.59 Å². The third kappa shape index (κ3) is 5.16. The Morgan fingerprint density at radius 2 is 1.07 bits per heavy atom. The van der Waals surface area contributed by atoms with Crippen molar-refractivity contribution in [3.8, 4) is 0 Å². The largest absolute Gasteiger partial charge is 0.334 e. The molecule has 3 rings (SSSR count). The van der Waals surface area contributed by atoms with E-state index in [4.69, 9.17) is 34.8 Å². The number of carbonyl (C=O) groups excluding carboxylic acids is 2. The van der Waals surface area contributed by atoms with E-state index in [-0.39, 0.29) is 0 Å². The van der Waals surface area contributed by atoms with Crippen LogP contribution in [0.4, 0.5) is 26.7 Å². The summed E-state index contributed by atoms with van der Waals surface area (Å²) in [5.41, 5.74) is 1.19. The van der Waals surface area contributed by atoms with Crippen LogP contribution in [0.25, 0.3) is 0 Å². The Kier molecular flexibility index (Phi) is 6.41. The van der Waals surface area contributed by atoms with Gasteiger partial charge in [-0.15, -0.1) is 0 Å².